The maximum atomic E-state index is 13.3. The Hall–Kier alpha value is -8.59. The van der Waals surface area contributed by atoms with Crippen molar-refractivity contribution in [2.45, 2.75) is 336 Å². The van der Waals surface area contributed by atoms with E-state index >= 15 is 0 Å². The normalized spacial score (nSPS) is 31.7. The third-order valence-electron chi connectivity index (χ3n) is 27.7. The molecule has 0 spiro atoms. The van der Waals surface area contributed by atoms with Gasteiger partial charge in [-0.1, -0.05) is 38.2 Å². The number of piperidine rings is 5. The first-order valence-corrected chi connectivity index (χ1v) is 41.8. The summed E-state index contributed by atoms with van der Waals surface area (Å²) in [5.41, 5.74) is 0.852. The highest BCUT2D eigenvalue weighted by Crippen LogP contribution is 2.56. The van der Waals surface area contributed by atoms with E-state index in [1.165, 1.54) is 4.90 Å². The van der Waals surface area contributed by atoms with Crippen molar-refractivity contribution in [1.82, 2.24) is 45.8 Å². The number of nitrogens with zero attached hydrogens (tertiary/aromatic N) is 10. The third kappa shape index (κ3) is 18.6. The van der Waals surface area contributed by atoms with Crippen molar-refractivity contribution < 1.29 is 91.0 Å². The first-order valence-electron chi connectivity index (χ1n) is 41.8. The van der Waals surface area contributed by atoms with Gasteiger partial charge in [-0.05, 0) is 220 Å². The number of aliphatic hydroxyl groups excluding tert-OH is 4. The molecule has 10 aliphatic carbocycles. The minimum absolute atomic E-state index is 0.0287. The first kappa shape index (κ1) is 89.2. The van der Waals surface area contributed by atoms with Crippen LogP contribution in [0.5, 0.6) is 0 Å². The highest BCUT2D eigenvalue weighted by atomic mass is 19.4. The molecule has 15 fully saturated rings. The van der Waals surface area contributed by atoms with Crippen molar-refractivity contribution in [1.29, 1.82) is 26.3 Å². The number of nitrogens with two attached hydrogens (primary N) is 1. The number of ether oxygens (including phenoxy) is 3. The molecule has 642 valence electrons. The SMILES string of the molecule is C=CC1([C@H](NC(=O)OC(C)(C)C)C(=O)N2[C@H](C#N)C[C@@H]3C[C@@H]32)CCC1.CC(C)(C)OC(=O)N[C@H](C(=O)N1[C@H](C#N)C[C@@H]2C[C@@H]21)C1(CO)CCC1.CC(C)(C)OC(=O)N[C@H](C(=O)N1[C@H](C#N)C[C@@H]2C[C@@H]21)C1(CO)CCC1.N#C[C@@H]1C[C@@H]2C[C@@H]2N1C(=O)[C@@H](N)C1(CO)CCC1.N#C[C@@H]1C[C@@H]2C[C@@H]2N1C(=O)[C@@H](NC(=O)C(F)(F)F)C1(CO)CCC1. The van der Waals surface area contributed by atoms with Gasteiger partial charge in [0.25, 0.3) is 0 Å². The minimum atomic E-state index is -5.11. The Labute approximate surface area is 682 Å². The zero-order valence-electron chi connectivity index (χ0n) is 68.7. The van der Waals surface area contributed by atoms with E-state index in [4.69, 9.17) is 25.2 Å². The molecule has 5 heterocycles. The summed E-state index contributed by atoms with van der Waals surface area (Å²) in [6.07, 6.45) is 14.0. The molecule has 10 N–H and O–H groups in total. The molecule has 0 aromatic carbocycles. The molecule has 34 heteroatoms. The van der Waals surface area contributed by atoms with Gasteiger partial charge in [0.2, 0.25) is 29.5 Å². The number of rotatable bonds is 19. The Bertz CT molecular complexity index is 3890. The number of halogens is 3. The van der Waals surface area contributed by atoms with Gasteiger partial charge in [-0.3, -0.25) is 28.8 Å². The van der Waals surface area contributed by atoms with Crippen LogP contribution in [0.4, 0.5) is 27.6 Å². The molecule has 10 saturated carbocycles. The van der Waals surface area contributed by atoms with Crippen LogP contribution in [0.1, 0.15) is 223 Å². The fourth-order valence-corrected chi connectivity index (χ4v) is 19.7. The predicted octanol–water partition coefficient (Wildman–Crippen LogP) is 6.56. The topological polar surface area (TPSA) is 472 Å². The average Bonchev–Trinajstić information content (AvgIpc) is 1.62. The van der Waals surface area contributed by atoms with Crippen molar-refractivity contribution in [2.24, 2.45) is 62.4 Å². The molecule has 0 aromatic heterocycles. The summed E-state index contributed by atoms with van der Waals surface area (Å²) in [4.78, 5) is 121. The van der Waals surface area contributed by atoms with Crippen LogP contribution in [-0.2, 0) is 43.0 Å². The fraction of sp³-hybridized carbons (Fsp3) is 0.807. The van der Waals surface area contributed by atoms with E-state index < -0.39 is 135 Å². The summed E-state index contributed by atoms with van der Waals surface area (Å²) in [7, 11) is 0. The Morgan fingerprint density at radius 1 is 0.402 bits per heavy atom. The summed E-state index contributed by atoms with van der Waals surface area (Å²) < 4.78 is 53.9. The summed E-state index contributed by atoms with van der Waals surface area (Å²) in [5.74, 6) is -1.70. The van der Waals surface area contributed by atoms with Crippen LogP contribution in [0.2, 0.25) is 0 Å². The minimum Gasteiger partial charge on any atom is -0.444 e. The molecule has 5 saturated heterocycles. The predicted molar refractivity (Wildman–Crippen MR) is 409 cm³/mol. The molecule has 117 heavy (non-hydrogen) atoms. The number of alkyl carbamates (subject to hydrolysis) is 3. The molecule has 0 bridgehead atoms. The maximum Gasteiger partial charge on any atom is 0.471 e. The molecule has 0 aromatic rings. The van der Waals surface area contributed by atoms with Gasteiger partial charge in [-0.2, -0.15) is 39.5 Å². The van der Waals surface area contributed by atoms with E-state index in [0.717, 1.165) is 96.3 Å². The van der Waals surface area contributed by atoms with Gasteiger partial charge in [0.05, 0.1) is 62.8 Å². The lowest BCUT2D eigenvalue weighted by atomic mass is 9.63. The van der Waals surface area contributed by atoms with Crippen LogP contribution in [0.25, 0.3) is 0 Å². The number of amides is 9. The molecule has 0 unspecified atom stereocenters. The number of carbonyl (C=O) groups is 9. The summed E-state index contributed by atoms with van der Waals surface area (Å²) >= 11 is 0. The van der Waals surface area contributed by atoms with Crippen LogP contribution in [-0.4, -0.2) is 239 Å². The van der Waals surface area contributed by atoms with Crippen LogP contribution in [0.15, 0.2) is 12.7 Å². The molecule has 15 aliphatic rings. The smallest absolute Gasteiger partial charge is 0.444 e. The Kier molecular flexibility index (Phi) is 25.8. The number of carbonyl (C=O) groups excluding carboxylic acids is 9. The van der Waals surface area contributed by atoms with Crippen LogP contribution < -0.4 is 27.0 Å². The molecule has 0 radical (unpaired) electrons. The van der Waals surface area contributed by atoms with Crippen molar-refractivity contribution in [2.75, 3.05) is 26.4 Å². The van der Waals surface area contributed by atoms with Gasteiger partial charge in [0.1, 0.15) is 71.2 Å². The molecular weight excluding hydrogens is 1520 g/mol. The van der Waals surface area contributed by atoms with Crippen molar-refractivity contribution >= 4 is 53.7 Å². The van der Waals surface area contributed by atoms with Crippen LogP contribution >= 0.6 is 0 Å². The van der Waals surface area contributed by atoms with E-state index in [-0.39, 0.29) is 91.7 Å². The number of aliphatic hydroxyl groups is 4. The number of fused-ring (bicyclic) bond motifs is 5. The quantitative estimate of drug-likeness (QED) is 0.0488. The van der Waals surface area contributed by atoms with Crippen LogP contribution in [0, 0.1) is 113 Å². The van der Waals surface area contributed by atoms with E-state index in [1.54, 1.807) is 93.3 Å². The number of likely N-dealkylation sites (tertiary alicyclic amines) is 5. The van der Waals surface area contributed by atoms with Gasteiger partial charge >= 0.3 is 30.4 Å². The van der Waals surface area contributed by atoms with Crippen molar-refractivity contribution in [3.8, 4) is 30.3 Å². The standard InChI is InChI=1S/C19H27N3O3.2C18H27N3O4.C15H18F3N3O3.C13H19N3O2/c1-5-19(7-6-8-19)15(21-17(24)25-18(2,3)4)16(23)22-13(11-20)9-12-10-14(12)22;2*1-17(2,3)25-16(24)20-14(18(10-22)5-4-6-18)15(23)21-12(9-19)7-11-8-13(11)21;16-15(17,18)13(24)20-11(14(7-22)2-1-3-14)12(23)21-9(6-19)4-8-5-10(8)21;14-6-9-4-8-5-10(8)16(9)12(18)11(15)13(7-17)2-1-3-13/h5,12-15H,1,6-10H2,2-4H3,(H,21,24);2*11-14,22H,4-8,10H2,1-3H3,(H,20,24);8-11,22H,1-5,7H2,(H,20,24);8-11,17H,1-5,7,15H2/t12-,13+,14+,15-;2*11-,12+,13+,14-;2*8-,9+,10+,11-/m11111/s1. The lowest BCUT2D eigenvalue weighted by Gasteiger charge is -2.47. The molecule has 31 nitrogen and oxygen atoms in total. The first-order chi connectivity index (χ1) is 55.0. The highest BCUT2D eigenvalue weighted by Gasteiger charge is 2.64. The molecule has 5 aliphatic heterocycles. The average molecular weight is 1640 g/mol. The molecule has 20 atom stereocenters. The van der Waals surface area contributed by atoms with Crippen molar-refractivity contribution in [3.63, 3.8) is 0 Å². The number of nitriles is 5. The molecule has 15 rings (SSSR count). The molecule has 9 amide bonds. The lowest BCUT2D eigenvalue weighted by molar-refractivity contribution is -0.178. The lowest BCUT2D eigenvalue weighted by Crippen LogP contribution is -2.63. The second kappa shape index (κ2) is 33.9. The highest BCUT2D eigenvalue weighted by molar-refractivity contribution is 5.93. The maximum absolute atomic E-state index is 13.3. The Morgan fingerprint density at radius 3 is 0.829 bits per heavy atom. The zero-order valence-corrected chi connectivity index (χ0v) is 68.7. The van der Waals surface area contributed by atoms with Gasteiger partial charge in [0.15, 0.2) is 0 Å². The molecular formula is C83H118F3N15O16. The van der Waals surface area contributed by atoms with Gasteiger partial charge in [-0.25, -0.2) is 14.4 Å². The number of hydrogen-bond acceptors (Lipinski definition) is 22. The number of alkyl halides is 3. The fourth-order valence-electron chi connectivity index (χ4n) is 19.7. The number of nitrogens with one attached hydrogen (secondary N) is 4. The van der Waals surface area contributed by atoms with Crippen LogP contribution in [0.3, 0.4) is 0 Å². The summed E-state index contributed by atoms with van der Waals surface area (Å²) in [6.45, 7) is 19.0. The van der Waals surface area contributed by atoms with Gasteiger partial charge < -0.3 is 86.1 Å². The van der Waals surface area contributed by atoms with E-state index in [9.17, 15) is 97.8 Å². The Balaban J connectivity index is 0.000000144. The van der Waals surface area contributed by atoms with E-state index in [2.05, 4.69) is 46.8 Å². The van der Waals surface area contributed by atoms with Gasteiger partial charge in [-0.15, -0.1) is 6.58 Å². The second-order valence-corrected chi connectivity index (χ2v) is 38.9. The van der Waals surface area contributed by atoms with Crippen molar-refractivity contribution in [3.05, 3.63) is 12.7 Å². The third-order valence-corrected chi connectivity index (χ3v) is 27.7. The van der Waals surface area contributed by atoms with E-state index in [1.807, 2.05) is 6.07 Å². The van der Waals surface area contributed by atoms with E-state index in [0.29, 0.717) is 87.9 Å². The zero-order chi connectivity index (χ0) is 85.8. The largest absolute Gasteiger partial charge is 0.471 e. The monoisotopic (exact) mass is 1640 g/mol. The Morgan fingerprint density at radius 2 is 0.632 bits per heavy atom. The summed E-state index contributed by atoms with van der Waals surface area (Å²) in [6, 6.07) is 4.58. The summed E-state index contributed by atoms with van der Waals surface area (Å²) in [5, 5.41) is 95.4. The van der Waals surface area contributed by atoms with Gasteiger partial charge in [0, 0.05) is 57.3 Å². The second-order valence-electron chi connectivity index (χ2n) is 38.9. The number of hydrogen-bond donors (Lipinski definition) is 9.